The summed E-state index contributed by atoms with van der Waals surface area (Å²) in [6.07, 6.45) is 4.28. The lowest BCUT2D eigenvalue weighted by atomic mass is 9.88. The van der Waals surface area contributed by atoms with Crippen molar-refractivity contribution in [2.45, 2.75) is 38.1 Å². The molecule has 4 rings (SSSR count). The second kappa shape index (κ2) is 8.49. The molecule has 2 aromatic carbocycles. The molecule has 1 aliphatic carbocycles. The van der Waals surface area contributed by atoms with E-state index in [1.54, 1.807) is 18.5 Å². The summed E-state index contributed by atoms with van der Waals surface area (Å²) in [7, 11) is 1.20. The minimum Gasteiger partial charge on any atom is -0.491 e. The molecular formula is C22H21F3N2O3. The number of methoxy groups -OCH3 is 1. The second-order valence-electron chi connectivity index (χ2n) is 7.28. The first-order chi connectivity index (χ1) is 14.5. The molecule has 1 saturated carbocycles. The standard InChI is InChI=1S/C22H21F3N2O3/c1-29-22-20(24)7-15(8-21(22)25)30-14-5-13(6-14)27-10-18-16-2-3-26-9-17(16)12(11-28)4-19(18)23/h2-4,7-9,13-14,27-28H,5-6,10-11H2,1H3/t13-,14-. The zero-order chi connectivity index (χ0) is 21.3. The monoisotopic (exact) mass is 418 g/mol. The van der Waals surface area contributed by atoms with Gasteiger partial charge in [-0.25, -0.2) is 13.2 Å². The molecule has 0 spiro atoms. The van der Waals surface area contributed by atoms with Crippen LogP contribution in [0.15, 0.2) is 36.7 Å². The van der Waals surface area contributed by atoms with Crippen LogP contribution in [0, 0.1) is 17.5 Å². The van der Waals surface area contributed by atoms with Crippen molar-refractivity contribution in [1.82, 2.24) is 10.3 Å². The van der Waals surface area contributed by atoms with Crippen LogP contribution in [0.25, 0.3) is 10.8 Å². The smallest absolute Gasteiger partial charge is 0.190 e. The van der Waals surface area contributed by atoms with E-state index in [4.69, 9.17) is 4.74 Å². The lowest BCUT2D eigenvalue weighted by Gasteiger charge is -2.36. The average Bonchev–Trinajstić information content (AvgIpc) is 2.70. The Labute approximate surface area is 171 Å². The number of pyridine rings is 1. The van der Waals surface area contributed by atoms with Crippen molar-refractivity contribution in [3.63, 3.8) is 0 Å². The molecule has 1 aliphatic rings. The number of fused-ring (bicyclic) bond motifs is 1. The lowest BCUT2D eigenvalue weighted by Crippen LogP contribution is -2.46. The van der Waals surface area contributed by atoms with Crippen LogP contribution in [0.2, 0.25) is 0 Å². The predicted octanol–water partition coefficient (Wildman–Crippen LogP) is 3.85. The molecule has 0 amide bonds. The molecular weight excluding hydrogens is 397 g/mol. The first-order valence-corrected chi connectivity index (χ1v) is 9.58. The van der Waals surface area contributed by atoms with Crippen molar-refractivity contribution in [3.05, 3.63) is 65.2 Å². The molecule has 0 bridgehead atoms. The van der Waals surface area contributed by atoms with Gasteiger partial charge in [-0.1, -0.05) is 0 Å². The Morgan fingerprint density at radius 3 is 2.50 bits per heavy atom. The Bertz CT molecular complexity index is 1050. The van der Waals surface area contributed by atoms with Crippen LogP contribution < -0.4 is 14.8 Å². The molecule has 0 atom stereocenters. The Morgan fingerprint density at radius 2 is 1.83 bits per heavy atom. The van der Waals surface area contributed by atoms with Gasteiger partial charge >= 0.3 is 0 Å². The third-order valence-electron chi connectivity index (χ3n) is 5.39. The molecule has 1 heterocycles. The summed E-state index contributed by atoms with van der Waals surface area (Å²) >= 11 is 0. The number of aromatic nitrogens is 1. The summed E-state index contributed by atoms with van der Waals surface area (Å²) in [4.78, 5) is 4.06. The van der Waals surface area contributed by atoms with E-state index in [1.165, 1.54) is 13.2 Å². The zero-order valence-electron chi connectivity index (χ0n) is 16.3. The van der Waals surface area contributed by atoms with Gasteiger partial charge < -0.3 is 19.9 Å². The highest BCUT2D eigenvalue weighted by atomic mass is 19.1. The normalized spacial score (nSPS) is 18.3. The van der Waals surface area contributed by atoms with Crippen LogP contribution in [-0.2, 0) is 13.2 Å². The fourth-order valence-corrected chi connectivity index (χ4v) is 3.74. The SMILES string of the molecule is COc1c(F)cc(O[C@H]2C[C@H](NCc3c(F)cc(CO)c4cnccc34)C2)cc1F. The van der Waals surface area contributed by atoms with E-state index in [0.29, 0.717) is 35.9 Å². The molecule has 5 nitrogen and oxygen atoms in total. The van der Waals surface area contributed by atoms with Gasteiger partial charge in [-0.05, 0) is 35.9 Å². The van der Waals surface area contributed by atoms with Crippen LogP contribution in [-0.4, -0.2) is 29.3 Å². The maximum Gasteiger partial charge on any atom is 0.190 e. The van der Waals surface area contributed by atoms with E-state index in [9.17, 15) is 18.3 Å². The van der Waals surface area contributed by atoms with Crippen molar-refractivity contribution in [1.29, 1.82) is 0 Å². The number of benzene rings is 2. The van der Waals surface area contributed by atoms with Crippen LogP contribution in [0.1, 0.15) is 24.0 Å². The predicted molar refractivity (Wildman–Crippen MR) is 105 cm³/mol. The highest BCUT2D eigenvalue weighted by Crippen LogP contribution is 2.31. The van der Waals surface area contributed by atoms with E-state index >= 15 is 0 Å². The number of hydrogen-bond donors (Lipinski definition) is 2. The summed E-state index contributed by atoms with van der Waals surface area (Å²) < 4.78 is 52.4. The quantitative estimate of drug-likeness (QED) is 0.610. The summed E-state index contributed by atoms with van der Waals surface area (Å²) in [5, 5.41) is 14.2. The van der Waals surface area contributed by atoms with Gasteiger partial charge in [-0.15, -0.1) is 0 Å². The number of halogens is 3. The van der Waals surface area contributed by atoms with Gasteiger partial charge in [0.1, 0.15) is 17.7 Å². The Balaban J connectivity index is 1.37. The maximum atomic E-state index is 14.6. The molecule has 0 aliphatic heterocycles. The molecule has 1 fully saturated rings. The summed E-state index contributed by atoms with van der Waals surface area (Å²) in [6.45, 7) is 0.0439. The average molecular weight is 418 g/mol. The fourth-order valence-electron chi connectivity index (χ4n) is 3.74. The van der Waals surface area contributed by atoms with Gasteiger partial charge in [0.25, 0.3) is 0 Å². The molecule has 3 aromatic rings. The maximum absolute atomic E-state index is 14.6. The molecule has 158 valence electrons. The molecule has 2 N–H and O–H groups in total. The zero-order valence-corrected chi connectivity index (χ0v) is 16.3. The van der Waals surface area contributed by atoms with Crippen molar-refractivity contribution in [2.24, 2.45) is 0 Å². The molecule has 8 heteroatoms. The van der Waals surface area contributed by atoms with Crippen molar-refractivity contribution in [2.75, 3.05) is 7.11 Å². The van der Waals surface area contributed by atoms with E-state index in [2.05, 4.69) is 15.0 Å². The third kappa shape index (κ3) is 3.93. The minimum absolute atomic E-state index is 0.0942. The van der Waals surface area contributed by atoms with E-state index < -0.39 is 17.4 Å². The largest absolute Gasteiger partial charge is 0.491 e. The topological polar surface area (TPSA) is 63.6 Å². The van der Waals surface area contributed by atoms with Crippen LogP contribution >= 0.6 is 0 Å². The van der Waals surface area contributed by atoms with Gasteiger partial charge in [-0.3, -0.25) is 4.98 Å². The molecule has 0 saturated heterocycles. The van der Waals surface area contributed by atoms with Gasteiger partial charge in [0.2, 0.25) is 0 Å². The van der Waals surface area contributed by atoms with Crippen LogP contribution in [0.3, 0.4) is 0 Å². The van der Waals surface area contributed by atoms with E-state index in [1.807, 2.05) is 0 Å². The minimum atomic E-state index is -0.815. The number of nitrogens with zero attached hydrogens (tertiary/aromatic N) is 1. The number of aliphatic hydroxyl groups excluding tert-OH is 1. The first-order valence-electron chi connectivity index (χ1n) is 9.58. The Hall–Kier alpha value is -2.84. The van der Waals surface area contributed by atoms with E-state index in [-0.39, 0.29) is 30.3 Å². The van der Waals surface area contributed by atoms with Gasteiger partial charge in [0.05, 0.1) is 13.7 Å². The third-order valence-corrected chi connectivity index (χ3v) is 5.39. The van der Waals surface area contributed by atoms with Gasteiger partial charge in [0.15, 0.2) is 17.4 Å². The number of rotatable bonds is 7. The van der Waals surface area contributed by atoms with Crippen molar-refractivity contribution in [3.8, 4) is 11.5 Å². The van der Waals surface area contributed by atoms with Crippen molar-refractivity contribution >= 4 is 10.8 Å². The van der Waals surface area contributed by atoms with Gasteiger partial charge in [-0.2, -0.15) is 0 Å². The molecule has 0 radical (unpaired) electrons. The Morgan fingerprint density at radius 1 is 1.10 bits per heavy atom. The molecule has 1 aromatic heterocycles. The Kier molecular flexibility index (Phi) is 5.78. The lowest BCUT2D eigenvalue weighted by molar-refractivity contribution is 0.0834. The fraction of sp³-hybridized carbons (Fsp3) is 0.318. The number of nitrogens with one attached hydrogen (secondary N) is 1. The summed E-state index contributed by atoms with van der Waals surface area (Å²) in [5.41, 5.74) is 1.00. The number of aliphatic hydroxyl groups is 1. The summed E-state index contributed by atoms with van der Waals surface area (Å²) in [5.74, 6) is -2.35. The summed E-state index contributed by atoms with van der Waals surface area (Å²) in [6, 6.07) is 5.35. The highest BCUT2D eigenvalue weighted by Gasteiger charge is 2.31. The molecule has 0 unspecified atom stereocenters. The highest BCUT2D eigenvalue weighted by molar-refractivity contribution is 5.88. The first kappa shape index (κ1) is 20.4. The number of hydrogen-bond acceptors (Lipinski definition) is 5. The van der Waals surface area contributed by atoms with Crippen LogP contribution in [0.5, 0.6) is 11.5 Å². The van der Waals surface area contributed by atoms with Gasteiger partial charge in [0, 0.05) is 48.1 Å². The van der Waals surface area contributed by atoms with E-state index in [0.717, 1.165) is 17.5 Å². The van der Waals surface area contributed by atoms with Crippen molar-refractivity contribution < 1.29 is 27.8 Å². The molecule has 30 heavy (non-hydrogen) atoms. The number of ether oxygens (including phenoxy) is 2. The van der Waals surface area contributed by atoms with Crippen LogP contribution in [0.4, 0.5) is 13.2 Å². The second-order valence-corrected chi connectivity index (χ2v) is 7.28.